The fourth-order valence-corrected chi connectivity index (χ4v) is 4.14. The van der Waals surface area contributed by atoms with E-state index in [0.717, 1.165) is 22.4 Å². The van der Waals surface area contributed by atoms with Crippen LogP contribution in [0.25, 0.3) is 22.5 Å². The summed E-state index contributed by atoms with van der Waals surface area (Å²) < 4.78 is 20.2. The van der Waals surface area contributed by atoms with Crippen LogP contribution in [0.4, 0.5) is 10.1 Å². The maximum atomic E-state index is 14.9. The van der Waals surface area contributed by atoms with E-state index in [9.17, 15) is 14.3 Å². The summed E-state index contributed by atoms with van der Waals surface area (Å²) in [5.74, 6) is -0.105. The molecule has 7 heteroatoms. The summed E-state index contributed by atoms with van der Waals surface area (Å²) >= 11 is 0. The minimum absolute atomic E-state index is 0.0136. The molecule has 1 aliphatic heterocycles. The number of nitrogens with one attached hydrogen (secondary N) is 1. The monoisotopic (exact) mass is 443 g/mol. The summed E-state index contributed by atoms with van der Waals surface area (Å²) in [5, 5.41) is 16.2. The summed E-state index contributed by atoms with van der Waals surface area (Å²) in [7, 11) is 0. The van der Waals surface area contributed by atoms with Gasteiger partial charge >= 0.3 is 0 Å². The lowest BCUT2D eigenvalue weighted by Gasteiger charge is -2.24. The van der Waals surface area contributed by atoms with Crippen molar-refractivity contribution in [3.63, 3.8) is 0 Å². The number of anilines is 1. The molecule has 0 aliphatic carbocycles. The number of fused-ring (bicyclic) bond motifs is 1. The van der Waals surface area contributed by atoms with Crippen molar-refractivity contribution in [2.75, 3.05) is 5.32 Å². The van der Waals surface area contributed by atoms with Gasteiger partial charge < -0.3 is 14.9 Å². The first-order valence-corrected chi connectivity index (χ1v) is 10.8. The van der Waals surface area contributed by atoms with Crippen molar-refractivity contribution in [2.45, 2.75) is 25.9 Å². The fraction of sp³-hybridized carbons (Fsp3) is 0.192. The topological polar surface area (TPSA) is 88.2 Å². The number of para-hydroxylation sites is 1. The summed E-state index contributed by atoms with van der Waals surface area (Å²) in [6, 6.07) is 19.9. The van der Waals surface area contributed by atoms with Gasteiger partial charge in [0.05, 0.1) is 12.2 Å². The van der Waals surface area contributed by atoms with E-state index in [2.05, 4.69) is 15.5 Å². The molecule has 0 fully saturated rings. The number of aromatic nitrogens is 2. The SMILES string of the molecule is O=C1Nc2ccccc2CC1CCc1nc(-c2ccc(-c3cccc(CO)c3)cc2F)no1. The van der Waals surface area contributed by atoms with E-state index in [1.807, 2.05) is 48.5 Å². The van der Waals surface area contributed by atoms with Gasteiger partial charge in [0, 0.05) is 18.0 Å². The Morgan fingerprint density at radius 2 is 1.91 bits per heavy atom. The lowest BCUT2D eigenvalue weighted by molar-refractivity contribution is -0.120. The Kier molecular flexibility index (Phi) is 5.71. The number of nitrogens with zero attached hydrogens (tertiary/aromatic N) is 2. The number of aliphatic hydroxyl groups is 1. The molecule has 1 unspecified atom stereocenters. The predicted octanol–water partition coefficient (Wildman–Crippen LogP) is 4.78. The molecular weight excluding hydrogens is 421 g/mol. The molecule has 0 saturated carbocycles. The molecule has 2 heterocycles. The first-order chi connectivity index (χ1) is 16.1. The lowest BCUT2D eigenvalue weighted by Crippen LogP contribution is -2.30. The average Bonchev–Trinajstić information content (AvgIpc) is 3.31. The largest absolute Gasteiger partial charge is 0.392 e. The highest BCUT2D eigenvalue weighted by atomic mass is 19.1. The maximum Gasteiger partial charge on any atom is 0.227 e. The van der Waals surface area contributed by atoms with Gasteiger partial charge in [0.1, 0.15) is 5.82 Å². The minimum atomic E-state index is -0.461. The number of benzene rings is 3. The van der Waals surface area contributed by atoms with Gasteiger partial charge in [-0.3, -0.25) is 4.79 Å². The third-order valence-corrected chi connectivity index (χ3v) is 5.94. The number of hydrogen-bond acceptors (Lipinski definition) is 5. The zero-order valence-electron chi connectivity index (χ0n) is 17.8. The van der Waals surface area contributed by atoms with Crippen LogP contribution in [-0.2, 0) is 24.2 Å². The molecule has 4 aromatic rings. The molecule has 1 aromatic heterocycles. The third-order valence-electron chi connectivity index (χ3n) is 5.94. The fourth-order valence-electron chi connectivity index (χ4n) is 4.14. The molecule has 33 heavy (non-hydrogen) atoms. The van der Waals surface area contributed by atoms with Crippen LogP contribution in [0.15, 0.2) is 71.3 Å². The van der Waals surface area contributed by atoms with E-state index >= 15 is 0 Å². The Bertz CT molecular complexity index is 1320. The highest BCUT2D eigenvalue weighted by Gasteiger charge is 2.26. The zero-order valence-corrected chi connectivity index (χ0v) is 17.8. The molecule has 1 aliphatic rings. The standard InChI is InChI=1S/C26H22FN3O3/c27-22-14-18(17-6-3-4-16(12-17)15-31)8-10-21(22)25-29-24(33-30-25)11-9-20-13-19-5-1-2-7-23(19)28-26(20)32/h1-8,10,12,14,20,31H,9,11,13,15H2,(H,28,32). The number of amides is 1. The second kappa shape index (κ2) is 8.96. The zero-order chi connectivity index (χ0) is 22.8. The number of carbonyl (C=O) groups excluding carboxylic acids is 1. The van der Waals surface area contributed by atoms with Crippen LogP contribution in [-0.4, -0.2) is 21.2 Å². The van der Waals surface area contributed by atoms with Gasteiger partial charge in [-0.2, -0.15) is 4.98 Å². The van der Waals surface area contributed by atoms with Crippen LogP contribution < -0.4 is 5.32 Å². The number of hydrogen-bond donors (Lipinski definition) is 2. The van der Waals surface area contributed by atoms with Crippen molar-refractivity contribution in [1.82, 2.24) is 10.1 Å². The molecule has 3 aromatic carbocycles. The van der Waals surface area contributed by atoms with Crippen molar-refractivity contribution in [3.8, 4) is 22.5 Å². The number of halogens is 1. The minimum Gasteiger partial charge on any atom is -0.392 e. The molecular formula is C26H22FN3O3. The number of aliphatic hydroxyl groups excluding tert-OH is 1. The van der Waals surface area contributed by atoms with E-state index in [4.69, 9.17) is 4.52 Å². The molecule has 1 atom stereocenters. The second-order valence-corrected chi connectivity index (χ2v) is 8.15. The van der Waals surface area contributed by atoms with Crippen molar-refractivity contribution in [2.24, 2.45) is 5.92 Å². The molecule has 1 amide bonds. The first-order valence-electron chi connectivity index (χ1n) is 10.8. The average molecular weight is 443 g/mol. The van der Waals surface area contributed by atoms with Crippen LogP contribution in [0, 0.1) is 11.7 Å². The van der Waals surface area contributed by atoms with Crippen molar-refractivity contribution >= 4 is 11.6 Å². The van der Waals surface area contributed by atoms with Gasteiger partial charge in [-0.1, -0.05) is 47.6 Å². The lowest BCUT2D eigenvalue weighted by atomic mass is 9.90. The Morgan fingerprint density at radius 3 is 2.76 bits per heavy atom. The summed E-state index contributed by atoms with van der Waals surface area (Å²) in [5.41, 5.74) is 4.49. The number of aryl methyl sites for hydroxylation is 1. The van der Waals surface area contributed by atoms with Crippen LogP contribution in [0.2, 0.25) is 0 Å². The summed E-state index contributed by atoms with van der Waals surface area (Å²) in [6.45, 7) is -0.0743. The highest BCUT2D eigenvalue weighted by Crippen LogP contribution is 2.29. The first kappa shape index (κ1) is 21.0. The molecule has 0 saturated heterocycles. The van der Waals surface area contributed by atoms with Crippen LogP contribution in [0.1, 0.15) is 23.4 Å². The Hall–Kier alpha value is -3.84. The van der Waals surface area contributed by atoms with Crippen LogP contribution in [0.5, 0.6) is 0 Å². The quantitative estimate of drug-likeness (QED) is 0.448. The summed E-state index contributed by atoms with van der Waals surface area (Å²) in [4.78, 5) is 16.7. The number of rotatable bonds is 6. The normalized spacial score (nSPS) is 15.2. The predicted molar refractivity (Wildman–Crippen MR) is 122 cm³/mol. The molecule has 6 nitrogen and oxygen atoms in total. The molecule has 0 bridgehead atoms. The Morgan fingerprint density at radius 1 is 1.06 bits per heavy atom. The smallest absolute Gasteiger partial charge is 0.227 e. The second-order valence-electron chi connectivity index (χ2n) is 8.15. The van der Waals surface area contributed by atoms with E-state index in [1.54, 1.807) is 12.1 Å². The van der Waals surface area contributed by atoms with E-state index < -0.39 is 5.82 Å². The Labute approximate surface area is 190 Å². The highest BCUT2D eigenvalue weighted by molar-refractivity contribution is 5.95. The van der Waals surface area contributed by atoms with Gasteiger partial charge in [-0.05, 0) is 59.4 Å². The van der Waals surface area contributed by atoms with Gasteiger partial charge in [-0.15, -0.1) is 0 Å². The van der Waals surface area contributed by atoms with Crippen molar-refractivity contribution in [1.29, 1.82) is 0 Å². The van der Waals surface area contributed by atoms with Crippen LogP contribution in [0.3, 0.4) is 0 Å². The van der Waals surface area contributed by atoms with Gasteiger partial charge in [0.2, 0.25) is 17.6 Å². The van der Waals surface area contributed by atoms with Gasteiger partial charge in [0.25, 0.3) is 0 Å². The van der Waals surface area contributed by atoms with Crippen LogP contribution >= 0.6 is 0 Å². The van der Waals surface area contributed by atoms with Crippen molar-refractivity contribution in [3.05, 3.63) is 89.6 Å². The van der Waals surface area contributed by atoms with E-state index in [-0.39, 0.29) is 29.8 Å². The molecule has 5 rings (SSSR count). The van der Waals surface area contributed by atoms with E-state index in [1.165, 1.54) is 6.07 Å². The number of carbonyl (C=O) groups is 1. The van der Waals surface area contributed by atoms with Gasteiger partial charge in [0.15, 0.2) is 0 Å². The van der Waals surface area contributed by atoms with Gasteiger partial charge in [-0.25, -0.2) is 4.39 Å². The third kappa shape index (κ3) is 4.40. The molecule has 0 radical (unpaired) electrons. The van der Waals surface area contributed by atoms with Crippen molar-refractivity contribution < 1.29 is 18.8 Å². The molecule has 0 spiro atoms. The Balaban J connectivity index is 1.28. The van der Waals surface area contributed by atoms with E-state index in [0.29, 0.717) is 30.7 Å². The molecule has 2 N–H and O–H groups in total. The molecule has 166 valence electrons. The summed E-state index contributed by atoms with van der Waals surface area (Å²) in [6.07, 6.45) is 1.65. The maximum absolute atomic E-state index is 14.9.